The number of hydrogen-bond acceptors (Lipinski definition) is 7. The number of nitrogens with zero attached hydrogens (tertiary/aromatic N) is 5. The van der Waals surface area contributed by atoms with Crippen molar-refractivity contribution in [3.63, 3.8) is 0 Å². The Labute approximate surface area is 168 Å². The minimum absolute atomic E-state index is 0.0581. The lowest BCUT2D eigenvalue weighted by Crippen LogP contribution is -2.47. The molecule has 0 spiro atoms. The van der Waals surface area contributed by atoms with Gasteiger partial charge in [-0.1, -0.05) is 24.3 Å². The number of imide groups is 1. The Morgan fingerprint density at radius 3 is 2.27 bits per heavy atom. The van der Waals surface area contributed by atoms with Gasteiger partial charge in [0.2, 0.25) is 5.75 Å². The van der Waals surface area contributed by atoms with Gasteiger partial charge in [0.1, 0.15) is 18.4 Å². The highest BCUT2D eigenvalue weighted by atomic mass is 16.6. The van der Waals surface area contributed by atoms with E-state index in [0.29, 0.717) is 27.6 Å². The number of aromatic nitrogens is 3. The van der Waals surface area contributed by atoms with E-state index in [1.807, 2.05) is 0 Å². The predicted octanol–water partition coefficient (Wildman–Crippen LogP) is 3.06. The quantitative estimate of drug-likeness (QED) is 0.293. The molecule has 0 saturated carbocycles. The van der Waals surface area contributed by atoms with Crippen LogP contribution in [0.15, 0.2) is 67.3 Å². The van der Waals surface area contributed by atoms with Crippen LogP contribution in [-0.2, 0) is 0 Å². The zero-order valence-corrected chi connectivity index (χ0v) is 15.1. The lowest BCUT2D eigenvalue weighted by atomic mass is 9.94. The monoisotopic (exact) mass is 401 g/mol. The number of nitro benzene ring substituents is 1. The third-order valence-electron chi connectivity index (χ3n) is 4.77. The number of benzene rings is 3. The maximum Gasteiger partial charge on any atom is 0.311 e. The number of rotatable bonds is 4. The van der Waals surface area contributed by atoms with Gasteiger partial charge in [-0.25, -0.2) is 4.68 Å². The van der Waals surface area contributed by atoms with Crippen molar-refractivity contribution in [2.45, 2.75) is 0 Å². The topological polar surface area (TPSA) is 120 Å². The number of ether oxygens (including phenoxy) is 1. The molecule has 0 atom stereocenters. The fourth-order valence-corrected chi connectivity index (χ4v) is 3.47. The molecule has 2 heterocycles. The van der Waals surface area contributed by atoms with Crippen LogP contribution in [0.5, 0.6) is 11.5 Å². The van der Waals surface area contributed by atoms with Crippen LogP contribution >= 0.6 is 0 Å². The van der Waals surface area contributed by atoms with Gasteiger partial charge in [0.05, 0.1) is 16.1 Å². The van der Waals surface area contributed by atoms with Crippen LogP contribution in [-0.4, -0.2) is 31.6 Å². The average molecular weight is 401 g/mol. The van der Waals surface area contributed by atoms with E-state index in [1.165, 1.54) is 35.5 Å². The van der Waals surface area contributed by atoms with Gasteiger partial charge in [0.15, 0.2) is 0 Å². The molecule has 0 unspecified atom stereocenters. The Morgan fingerprint density at radius 1 is 0.833 bits per heavy atom. The molecule has 1 aliphatic heterocycles. The third kappa shape index (κ3) is 2.51. The molecule has 0 aliphatic carbocycles. The molecule has 0 radical (unpaired) electrons. The summed E-state index contributed by atoms with van der Waals surface area (Å²) in [4.78, 5) is 36.8. The maximum atomic E-state index is 13.0. The molecule has 30 heavy (non-hydrogen) atoms. The average Bonchev–Trinajstić information content (AvgIpc) is 3.27. The van der Waals surface area contributed by atoms with Crippen molar-refractivity contribution in [3.05, 3.63) is 88.5 Å². The molecule has 10 heteroatoms. The number of amides is 2. The summed E-state index contributed by atoms with van der Waals surface area (Å²) in [6, 6.07) is 14.0. The number of nitro groups is 1. The molecular weight excluding hydrogens is 390 g/mol. The molecule has 5 rings (SSSR count). The molecular formula is C20H11N5O5. The number of carbonyl (C=O) groups excluding carboxylic acids is 2. The van der Waals surface area contributed by atoms with Crippen LogP contribution in [0, 0.1) is 10.1 Å². The van der Waals surface area contributed by atoms with Crippen LogP contribution in [0.25, 0.3) is 10.8 Å². The Morgan fingerprint density at radius 2 is 1.53 bits per heavy atom. The second-order valence-electron chi connectivity index (χ2n) is 6.43. The maximum absolute atomic E-state index is 13.0. The first kappa shape index (κ1) is 17.5. The third-order valence-corrected chi connectivity index (χ3v) is 4.77. The molecule has 0 fully saturated rings. The van der Waals surface area contributed by atoms with Gasteiger partial charge in [0.25, 0.3) is 11.8 Å². The number of hydrogen-bond donors (Lipinski definition) is 0. The highest BCUT2D eigenvalue weighted by Gasteiger charge is 2.35. The number of para-hydroxylation sites is 2. The van der Waals surface area contributed by atoms with Crippen molar-refractivity contribution in [3.8, 4) is 11.5 Å². The lowest BCUT2D eigenvalue weighted by molar-refractivity contribution is -0.385. The Bertz CT molecular complexity index is 1330. The van der Waals surface area contributed by atoms with Gasteiger partial charge < -0.3 is 4.74 Å². The van der Waals surface area contributed by atoms with Crippen LogP contribution in [0.1, 0.15) is 20.7 Å². The van der Waals surface area contributed by atoms with Gasteiger partial charge in [-0.15, -0.1) is 10.2 Å². The summed E-state index contributed by atoms with van der Waals surface area (Å²) in [5, 5.41) is 20.4. The van der Waals surface area contributed by atoms with Crippen LogP contribution in [0.2, 0.25) is 0 Å². The zero-order chi connectivity index (χ0) is 20.8. The highest BCUT2D eigenvalue weighted by molar-refractivity contribution is 6.33. The first-order valence-corrected chi connectivity index (χ1v) is 8.77. The minimum Gasteiger partial charge on any atom is -0.449 e. The molecule has 0 bridgehead atoms. The molecule has 2 amide bonds. The van der Waals surface area contributed by atoms with Gasteiger partial charge in [-0.2, -0.15) is 5.01 Å². The van der Waals surface area contributed by atoms with Crippen molar-refractivity contribution >= 4 is 28.3 Å². The SMILES string of the molecule is O=C1c2cccc3c(Oc4ccccc4[N+](=O)[O-])ccc(c23)C(=O)N1n1cnnc1. The summed E-state index contributed by atoms with van der Waals surface area (Å²) in [7, 11) is 0. The van der Waals surface area contributed by atoms with E-state index >= 15 is 0 Å². The second kappa shape index (κ2) is 6.48. The van der Waals surface area contributed by atoms with Crippen molar-refractivity contribution in [2.75, 3.05) is 5.01 Å². The molecule has 0 saturated heterocycles. The molecule has 10 nitrogen and oxygen atoms in total. The minimum atomic E-state index is -0.541. The van der Waals surface area contributed by atoms with Crippen LogP contribution in [0.4, 0.5) is 5.69 Å². The lowest BCUT2D eigenvalue weighted by Gasteiger charge is -2.27. The first-order valence-electron chi connectivity index (χ1n) is 8.77. The fraction of sp³-hybridized carbons (Fsp3) is 0. The standard InChI is InChI=1S/C20H11N5O5/c26-19-13-5-3-4-12-16(30-17-7-2-1-6-15(17)25(28)29)9-8-14(18(12)13)20(27)24(19)23-10-21-22-11-23/h1-11H. The van der Waals surface area contributed by atoms with Crippen LogP contribution < -0.4 is 9.75 Å². The second-order valence-corrected chi connectivity index (χ2v) is 6.43. The first-order chi connectivity index (χ1) is 14.6. The summed E-state index contributed by atoms with van der Waals surface area (Å²) in [5.74, 6) is -0.729. The van der Waals surface area contributed by atoms with Gasteiger partial charge >= 0.3 is 5.69 Å². The van der Waals surface area contributed by atoms with Gasteiger partial charge in [0, 0.05) is 16.8 Å². The van der Waals surface area contributed by atoms with E-state index in [4.69, 9.17) is 4.74 Å². The molecule has 1 aliphatic rings. The summed E-state index contributed by atoms with van der Waals surface area (Å²) in [5.41, 5.74) is 0.400. The van der Waals surface area contributed by atoms with Gasteiger partial charge in [-0.3, -0.25) is 19.7 Å². The van der Waals surface area contributed by atoms with E-state index in [0.717, 1.165) is 5.01 Å². The zero-order valence-electron chi connectivity index (χ0n) is 15.1. The Kier molecular flexibility index (Phi) is 3.78. The van der Waals surface area contributed by atoms with Crippen molar-refractivity contribution in [2.24, 2.45) is 0 Å². The Balaban J connectivity index is 1.67. The number of carbonyl (C=O) groups is 2. The van der Waals surface area contributed by atoms with E-state index in [1.54, 1.807) is 36.4 Å². The highest BCUT2D eigenvalue weighted by Crippen LogP contribution is 2.39. The summed E-state index contributed by atoms with van der Waals surface area (Å²) < 4.78 is 7.04. The normalized spacial score (nSPS) is 13.0. The Hall–Kier alpha value is -4.60. The summed E-state index contributed by atoms with van der Waals surface area (Å²) in [6.07, 6.45) is 2.51. The van der Waals surface area contributed by atoms with E-state index < -0.39 is 16.7 Å². The summed E-state index contributed by atoms with van der Waals surface area (Å²) in [6.45, 7) is 0. The van der Waals surface area contributed by atoms with Crippen LogP contribution in [0.3, 0.4) is 0 Å². The summed E-state index contributed by atoms with van der Waals surface area (Å²) >= 11 is 0. The fourth-order valence-electron chi connectivity index (χ4n) is 3.47. The smallest absolute Gasteiger partial charge is 0.311 e. The van der Waals surface area contributed by atoms with E-state index in [-0.39, 0.29) is 11.4 Å². The van der Waals surface area contributed by atoms with E-state index in [2.05, 4.69) is 10.2 Å². The molecule has 146 valence electrons. The van der Waals surface area contributed by atoms with Gasteiger partial charge in [-0.05, 0) is 24.3 Å². The van der Waals surface area contributed by atoms with Crippen molar-refractivity contribution in [1.29, 1.82) is 0 Å². The predicted molar refractivity (Wildman–Crippen MR) is 104 cm³/mol. The molecule has 1 aromatic heterocycles. The van der Waals surface area contributed by atoms with E-state index in [9.17, 15) is 19.7 Å². The molecule has 4 aromatic rings. The van der Waals surface area contributed by atoms with Crippen molar-refractivity contribution < 1.29 is 19.2 Å². The molecule has 0 N–H and O–H groups in total. The van der Waals surface area contributed by atoms with Crippen molar-refractivity contribution in [1.82, 2.24) is 14.9 Å². The molecule has 3 aromatic carbocycles. The largest absolute Gasteiger partial charge is 0.449 e.